The number of carbonyl (C=O) groups is 1. The molecule has 0 aliphatic heterocycles. The van der Waals surface area contributed by atoms with Crippen molar-refractivity contribution in [1.29, 1.82) is 0 Å². The van der Waals surface area contributed by atoms with Gasteiger partial charge in [0.15, 0.2) is 5.75 Å². The molecule has 0 saturated carbocycles. The number of methoxy groups -OCH3 is 1. The number of benzene rings is 1. The van der Waals surface area contributed by atoms with Crippen LogP contribution in [-0.4, -0.2) is 19.2 Å². The molecule has 2 aromatic rings. The maximum atomic E-state index is 12.0. The molecule has 0 unspecified atom stereocenters. The lowest BCUT2D eigenvalue weighted by atomic mass is 10.2. The zero-order valence-electron chi connectivity index (χ0n) is 12.3. The molecule has 1 aromatic carbocycles. The van der Waals surface area contributed by atoms with Gasteiger partial charge in [0.05, 0.1) is 13.2 Å². The second kappa shape index (κ2) is 5.87. The summed E-state index contributed by atoms with van der Waals surface area (Å²) in [6.45, 7) is 4.75. The van der Waals surface area contributed by atoms with E-state index in [1.54, 1.807) is 32.0 Å². The quantitative estimate of drug-likeness (QED) is 0.636. The Bertz CT molecular complexity index is 729. The predicted octanol–water partition coefficient (Wildman–Crippen LogP) is 2.51. The zero-order valence-corrected chi connectivity index (χ0v) is 12.3. The van der Waals surface area contributed by atoms with Crippen LogP contribution in [0.25, 0.3) is 11.0 Å². The predicted molar refractivity (Wildman–Crippen MR) is 76.1 cm³/mol. The van der Waals surface area contributed by atoms with Crippen molar-refractivity contribution in [1.82, 2.24) is 0 Å². The van der Waals surface area contributed by atoms with Gasteiger partial charge in [0.2, 0.25) is 5.75 Å². The highest BCUT2D eigenvalue weighted by Gasteiger charge is 2.22. The molecule has 0 aliphatic carbocycles. The van der Waals surface area contributed by atoms with Crippen LogP contribution in [0.1, 0.15) is 20.8 Å². The van der Waals surface area contributed by atoms with Gasteiger partial charge in [-0.2, -0.15) is 0 Å². The van der Waals surface area contributed by atoms with E-state index in [0.29, 0.717) is 11.1 Å². The Morgan fingerprint density at radius 2 is 1.95 bits per heavy atom. The molecule has 112 valence electrons. The van der Waals surface area contributed by atoms with E-state index in [2.05, 4.69) is 0 Å². The lowest BCUT2D eigenvalue weighted by Crippen LogP contribution is -2.16. The van der Waals surface area contributed by atoms with Gasteiger partial charge in [-0.3, -0.25) is 4.79 Å². The van der Waals surface area contributed by atoms with Crippen LogP contribution < -0.4 is 19.8 Å². The maximum Gasteiger partial charge on any atom is 0.383 e. The molecular weight excluding hydrogens is 276 g/mol. The molecule has 1 heterocycles. The number of carbonyl (C=O) groups excluding carboxylic acids is 1. The third-order valence-corrected chi connectivity index (χ3v) is 2.63. The number of hydrogen-bond donors (Lipinski definition) is 0. The summed E-state index contributed by atoms with van der Waals surface area (Å²) in [7, 11) is 1.47. The van der Waals surface area contributed by atoms with E-state index in [1.165, 1.54) is 14.0 Å². The highest BCUT2D eigenvalue weighted by Crippen LogP contribution is 2.39. The Morgan fingerprint density at radius 1 is 1.24 bits per heavy atom. The maximum absolute atomic E-state index is 12.0. The second-order valence-electron chi connectivity index (χ2n) is 4.64. The monoisotopic (exact) mass is 292 g/mol. The molecule has 0 amide bonds. The van der Waals surface area contributed by atoms with Crippen molar-refractivity contribution in [2.45, 2.75) is 26.9 Å². The van der Waals surface area contributed by atoms with Gasteiger partial charge < -0.3 is 18.6 Å². The summed E-state index contributed by atoms with van der Waals surface area (Å²) in [4.78, 5) is 23.4. The molecule has 6 nitrogen and oxygen atoms in total. The molecule has 0 bridgehead atoms. The molecular formula is C15H16O6. The summed E-state index contributed by atoms with van der Waals surface area (Å²) >= 11 is 0. The molecule has 1 aromatic heterocycles. The first-order valence-electron chi connectivity index (χ1n) is 6.43. The molecule has 21 heavy (non-hydrogen) atoms. The number of fused-ring (bicyclic) bond motifs is 1. The van der Waals surface area contributed by atoms with Gasteiger partial charge in [0.1, 0.15) is 16.7 Å². The van der Waals surface area contributed by atoms with Crippen molar-refractivity contribution >= 4 is 16.9 Å². The molecule has 2 rings (SSSR count). The first kappa shape index (κ1) is 14.9. The largest absolute Gasteiger partial charge is 0.496 e. The smallest absolute Gasteiger partial charge is 0.383 e. The van der Waals surface area contributed by atoms with E-state index in [-0.39, 0.29) is 23.2 Å². The minimum Gasteiger partial charge on any atom is -0.496 e. The average molecular weight is 292 g/mol. The third-order valence-electron chi connectivity index (χ3n) is 2.63. The lowest BCUT2D eigenvalue weighted by Gasteiger charge is -2.15. The van der Waals surface area contributed by atoms with Gasteiger partial charge in [-0.15, -0.1) is 0 Å². The Balaban J connectivity index is 2.84. The normalized spacial score (nSPS) is 10.7. The summed E-state index contributed by atoms with van der Waals surface area (Å²) < 4.78 is 21.1. The van der Waals surface area contributed by atoms with E-state index in [9.17, 15) is 9.59 Å². The standard InChI is InChI=1S/C15H16O6/c1-8(2)19-14-13(20-9(3)16)12-10(18-4)6-5-7-11(12)21-15(14)17/h5-8H,1-4H3. The van der Waals surface area contributed by atoms with Crippen LogP contribution in [0.3, 0.4) is 0 Å². The number of hydrogen-bond acceptors (Lipinski definition) is 6. The van der Waals surface area contributed by atoms with Crippen LogP contribution in [-0.2, 0) is 4.79 Å². The number of esters is 1. The Labute approximate surface area is 121 Å². The highest BCUT2D eigenvalue weighted by atomic mass is 16.6. The van der Waals surface area contributed by atoms with Crippen LogP contribution >= 0.6 is 0 Å². The summed E-state index contributed by atoms with van der Waals surface area (Å²) in [5.41, 5.74) is -0.451. The van der Waals surface area contributed by atoms with Gasteiger partial charge >= 0.3 is 11.6 Å². The van der Waals surface area contributed by atoms with E-state index in [1.807, 2.05) is 0 Å². The van der Waals surface area contributed by atoms with E-state index >= 15 is 0 Å². The van der Waals surface area contributed by atoms with E-state index in [0.717, 1.165) is 0 Å². The number of ether oxygens (including phenoxy) is 3. The molecule has 0 saturated heterocycles. The van der Waals surface area contributed by atoms with Crippen LogP contribution in [0, 0.1) is 0 Å². The lowest BCUT2D eigenvalue weighted by molar-refractivity contribution is -0.131. The Kier molecular flexibility index (Phi) is 4.16. The van der Waals surface area contributed by atoms with Crippen molar-refractivity contribution in [2.75, 3.05) is 7.11 Å². The van der Waals surface area contributed by atoms with Gasteiger partial charge in [0.25, 0.3) is 0 Å². The van der Waals surface area contributed by atoms with Crippen LogP contribution in [0.4, 0.5) is 0 Å². The van der Waals surface area contributed by atoms with Crippen molar-refractivity contribution in [3.8, 4) is 17.2 Å². The topological polar surface area (TPSA) is 75.0 Å². The van der Waals surface area contributed by atoms with Crippen LogP contribution in [0.5, 0.6) is 17.2 Å². The number of rotatable bonds is 4. The first-order chi connectivity index (χ1) is 9.93. The minimum atomic E-state index is -0.708. The summed E-state index contributed by atoms with van der Waals surface area (Å²) in [5, 5.41) is 0.380. The fourth-order valence-electron chi connectivity index (χ4n) is 1.92. The molecule has 0 radical (unpaired) electrons. The van der Waals surface area contributed by atoms with Crippen molar-refractivity contribution in [3.05, 3.63) is 28.6 Å². The van der Waals surface area contributed by atoms with Crippen molar-refractivity contribution < 1.29 is 23.4 Å². The first-order valence-corrected chi connectivity index (χ1v) is 6.43. The fourth-order valence-corrected chi connectivity index (χ4v) is 1.92. The molecule has 0 atom stereocenters. The fraction of sp³-hybridized carbons (Fsp3) is 0.333. The summed E-state index contributed by atoms with van der Waals surface area (Å²) in [6.07, 6.45) is -0.283. The van der Waals surface area contributed by atoms with Crippen molar-refractivity contribution in [3.63, 3.8) is 0 Å². The highest BCUT2D eigenvalue weighted by molar-refractivity contribution is 5.93. The second-order valence-corrected chi connectivity index (χ2v) is 4.64. The molecule has 0 fully saturated rings. The van der Waals surface area contributed by atoms with Crippen LogP contribution in [0.15, 0.2) is 27.4 Å². The van der Waals surface area contributed by atoms with E-state index in [4.69, 9.17) is 18.6 Å². The molecule has 6 heteroatoms. The van der Waals surface area contributed by atoms with Crippen LogP contribution in [0.2, 0.25) is 0 Å². The third kappa shape index (κ3) is 2.99. The molecule has 0 aliphatic rings. The van der Waals surface area contributed by atoms with Gasteiger partial charge in [-0.1, -0.05) is 6.07 Å². The average Bonchev–Trinajstić information content (AvgIpc) is 2.41. The molecule has 0 N–H and O–H groups in total. The van der Waals surface area contributed by atoms with E-state index < -0.39 is 11.6 Å². The minimum absolute atomic E-state index is 0.0138. The SMILES string of the molecule is COc1cccc2oc(=O)c(OC(C)C)c(OC(C)=O)c12. The molecule has 0 spiro atoms. The summed E-state index contributed by atoms with van der Waals surface area (Å²) in [5.74, 6) is -0.278. The Hall–Kier alpha value is -2.50. The summed E-state index contributed by atoms with van der Waals surface area (Å²) in [6, 6.07) is 4.94. The Morgan fingerprint density at radius 3 is 2.52 bits per heavy atom. The van der Waals surface area contributed by atoms with Gasteiger partial charge in [-0.25, -0.2) is 4.79 Å². The van der Waals surface area contributed by atoms with Crippen molar-refractivity contribution in [2.24, 2.45) is 0 Å². The zero-order chi connectivity index (χ0) is 15.6. The van der Waals surface area contributed by atoms with Gasteiger partial charge in [-0.05, 0) is 26.0 Å². The van der Waals surface area contributed by atoms with Gasteiger partial charge in [0, 0.05) is 6.92 Å².